The highest BCUT2D eigenvalue weighted by Crippen LogP contribution is 2.11. The summed E-state index contributed by atoms with van der Waals surface area (Å²) in [6, 6.07) is 6.75. The van der Waals surface area contributed by atoms with Crippen molar-refractivity contribution in [3.63, 3.8) is 0 Å². The number of nitrogens with one attached hydrogen (secondary N) is 1. The van der Waals surface area contributed by atoms with Gasteiger partial charge < -0.3 is 10.4 Å². The number of hydrogen-bond acceptors (Lipinski definition) is 2. The molecule has 0 fully saturated rings. The maximum Gasteiger partial charge on any atom is 0.224 e. The van der Waals surface area contributed by atoms with Gasteiger partial charge in [-0.1, -0.05) is 35.0 Å². The summed E-state index contributed by atoms with van der Waals surface area (Å²) in [6.07, 6.45) is 1.28. The zero-order valence-electron chi connectivity index (χ0n) is 9.24. The van der Waals surface area contributed by atoms with E-state index in [1.54, 1.807) is 18.2 Å². The van der Waals surface area contributed by atoms with Crippen LogP contribution in [0.15, 0.2) is 24.3 Å². The molecule has 4 heteroatoms. The first-order valence-corrected chi connectivity index (χ1v) is 6.22. The fourth-order valence-corrected chi connectivity index (χ4v) is 1.45. The van der Waals surface area contributed by atoms with Crippen molar-refractivity contribution >= 4 is 21.8 Å². The van der Waals surface area contributed by atoms with E-state index >= 15 is 0 Å². The molecule has 0 aliphatic heterocycles. The van der Waals surface area contributed by atoms with Crippen molar-refractivity contribution in [3.05, 3.63) is 29.8 Å². The monoisotopic (exact) mass is 285 g/mol. The highest BCUT2D eigenvalue weighted by Gasteiger charge is 2.06. The highest BCUT2D eigenvalue weighted by molar-refractivity contribution is 9.09. The molecule has 0 aliphatic carbocycles. The Balaban J connectivity index is 2.40. The Labute approximate surface area is 104 Å². The Kier molecular flexibility index (Phi) is 5.32. The van der Waals surface area contributed by atoms with Crippen LogP contribution in [0.2, 0.25) is 0 Å². The van der Waals surface area contributed by atoms with Crippen LogP contribution in [0, 0.1) is 0 Å². The first-order valence-electron chi connectivity index (χ1n) is 5.30. The number of carbonyl (C=O) groups is 1. The molecule has 1 unspecified atom stereocenters. The molecule has 1 amide bonds. The summed E-state index contributed by atoms with van der Waals surface area (Å²) in [4.78, 5) is 11.9. The third-order valence-corrected chi connectivity index (χ3v) is 3.21. The normalized spacial score (nSPS) is 12.1. The molecule has 0 bridgehead atoms. The van der Waals surface area contributed by atoms with Gasteiger partial charge in [0, 0.05) is 11.4 Å². The van der Waals surface area contributed by atoms with E-state index in [0.29, 0.717) is 17.8 Å². The van der Waals surface area contributed by atoms with Crippen LogP contribution in [0.5, 0.6) is 5.75 Å². The second-order valence-electron chi connectivity index (χ2n) is 3.66. The SMILES string of the molecule is CCC(Br)CNC(=O)Cc1cccc(O)c1. The Morgan fingerprint density at radius 2 is 2.31 bits per heavy atom. The molecule has 0 aliphatic rings. The molecule has 0 saturated carbocycles. The van der Waals surface area contributed by atoms with E-state index in [4.69, 9.17) is 0 Å². The predicted molar refractivity (Wildman–Crippen MR) is 67.8 cm³/mol. The number of alkyl halides is 1. The number of phenols is 1. The van der Waals surface area contributed by atoms with Crippen molar-refractivity contribution in [1.29, 1.82) is 0 Å². The van der Waals surface area contributed by atoms with Crippen molar-refractivity contribution in [2.24, 2.45) is 0 Å². The van der Waals surface area contributed by atoms with E-state index in [1.807, 2.05) is 6.07 Å². The van der Waals surface area contributed by atoms with Crippen molar-refractivity contribution in [2.45, 2.75) is 24.6 Å². The number of halogens is 1. The maximum absolute atomic E-state index is 11.5. The summed E-state index contributed by atoms with van der Waals surface area (Å²) < 4.78 is 0. The molecule has 2 N–H and O–H groups in total. The van der Waals surface area contributed by atoms with Crippen LogP contribution in [0.3, 0.4) is 0 Å². The standard InChI is InChI=1S/C12H16BrNO2/c1-2-10(13)8-14-12(16)7-9-4-3-5-11(15)6-9/h3-6,10,15H,2,7-8H2,1H3,(H,14,16). The van der Waals surface area contributed by atoms with Crippen LogP contribution in [0.1, 0.15) is 18.9 Å². The third-order valence-electron chi connectivity index (χ3n) is 2.24. The van der Waals surface area contributed by atoms with E-state index in [2.05, 4.69) is 28.2 Å². The van der Waals surface area contributed by atoms with Crippen LogP contribution < -0.4 is 5.32 Å². The van der Waals surface area contributed by atoms with Gasteiger partial charge in [-0.2, -0.15) is 0 Å². The lowest BCUT2D eigenvalue weighted by Crippen LogP contribution is -2.30. The van der Waals surface area contributed by atoms with Gasteiger partial charge in [0.25, 0.3) is 0 Å². The van der Waals surface area contributed by atoms with Crippen LogP contribution in [-0.2, 0) is 11.2 Å². The second-order valence-corrected chi connectivity index (χ2v) is 4.95. The van der Waals surface area contributed by atoms with E-state index < -0.39 is 0 Å². The molecule has 88 valence electrons. The molecule has 1 rings (SSSR count). The highest BCUT2D eigenvalue weighted by atomic mass is 79.9. The molecule has 16 heavy (non-hydrogen) atoms. The first kappa shape index (κ1) is 13.0. The fraction of sp³-hybridized carbons (Fsp3) is 0.417. The first-order chi connectivity index (χ1) is 7.61. The van der Waals surface area contributed by atoms with Gasteiger partial charge in [-0.3, -0.25) is 4.79 Å². The van der Waals surface area contributed by atoms with Gasteiger partial charge in [-0.05, 0) is 24.1 Å². The molecule has 0 heterocycles. The third kappa shape index (κ3) is 4.66. The molecule has 1 atom stereocenters. The minimum atomic E-state index is -0.0245. The number of aromatic hydroxyl groups is 1. The molecular formula is C12H16BrNO2. The molecule has 0 saturated heterocycles. The maximum atomic E-state index is 11.5. The summed E-state index contributed by atoms with van der Waals surface area (Å²) >= 11 is 3.45. The Morgan fingerprint density at radius 1 is 1.56 bits per heavy atom. The molecule has 0 radical (unpaired) electrons. The van der Waals surface area contributed by atoms with Crippen LogP contribution >= 0.6 is 15.9 Å². The minimum absolute atomic E-state index is 0.0245. The van der Waals surface area contributed by atoms with Gasteiger partial charge in [0.05, 0.1) is 6.42 Å². The number of amides is 1. The average Bonchev–Trinajstić information content (AvgIpc) is 2.26. The fourth-order valence-electron chi connectivity index (χ4n) is 1.28. The van der Waals surface area contributed by atoms with Gasteiger partial charge in [-0.25, -0.2) is 0 Å². The zero-order valence-corrected chi connectivity index (χ0v) is 10.8. The smallest absolute Gasteiger partial charge is 0.224 e. The Hall–Kier alpha value is -1.03. The number of rotatable bonds is 5. The van der Waals surface area contributed by atoms with Gasteiger partial charge in [0.15, 0.2) is 0 Å². The quantitative estimate of drug-likeness (QED) is 0.815. The molecule has 0 spiro atoms. The average molecular weight is 286 g/mol. The van der Waals surface area contributed by atoms with E-state index in [-0.39, 0.29) is 11.7 Å². The summed E-state index contributed by atoms with van der Waals surface area (Å²) in [5.41, 5.74) is 0.820. The Bertz CT molecular complexity index is 355. The van der Waals surface area contributed by atoms with Crippen LogP contribution in [0.4, 0.5) is 0 Å². The van der Waals surface area contributed by atoms with Crippen molar-refractivity contribution in [2.75, 3.05) is 6.54 Å². The summed E-state index contributed by atoms with van der Waals surface area (Å²) in [7, 11) is 0. The van der Waals surface area contributed by atoms with E-state index in [0.717, 1.165) is 12.0 Å². The van der Waals surface area contributed by atoms with Crippen LogP contribution in [-0.4, -0.2) is 22.4 Å². The zero-order chi connectivity index (χ0) is 12.0. The van der Waals surface area contributed by atoms with Crippen molar-refractivity contribution in [1.82, 2.24) is 5.32 Å². The second kappa shape index (κ2) is 6.53. The topological polar surface area (TPSA) is 49.3 Å². The lowest BCUT2D eigenvalue weighted by Gasteiger charge is -2.08. The number of benzene rings is 1. The van der Waals surface area contributed by atoms with Crippen molar-refractivity contribution in [3.8, 4) is 5.75 Å². The molecule has 1 aromatic rings. The lowest BCUT2D eigenvalue weighted by atomic mass is 10.1. The van der Waals surface area contributed by atoms with E-state index in [9.17, 15) is 9.90 Å². The number of phenolic OH excluding ortho intramolecular Hbond substituents is 1. The summed E-state index contributed by atoms with van der Waals surface area (Å²) in [5, 5.41) is 12.1. The lowest BCUT2D eigenvalue weighted by molar-refractivity contribution is -0.120. The summed E-state index contributed by atoms with van der Waals surface area (Å²) in [6.45, 7) is 2.69. The Morgan fingerprint density at radius 3 is 2.94 bits per heavy atom. The molecule has 3 nitrogen and oxygen atoms in total. The molecular weight excluding hydrogens is 270 g/mol. The minimum Gasteiger partial charge on any atom is -0.508 e. The van der Waals surface area contributed by atoms with Crippen molar-refractivity contribution < 1.29 is 9.90 Å². The number of hydrogen-bond donors (Lipinski definition) is 2. The predicted octanol–water partition coefficient (Wildman–Crippen LogP) is 2.22. The van der Waals surface area contributed by atoms with Crippen LogP contribution in [0.25, 0.3) is 0 Å². The molecule has 0 aromatic heterocycles. The van der Waals surface area contributed by atoms with Gasteiger partial charge >= 0.3 is 0 Å². The van der Waals surface area contributed by atoms with Gasteiger partial charge in [0.2, 0.25) is 5.91 Å². The van der Waals surface area contributed by atoms with E-state index in [1.165, 1.54) is 0 Å². The van der Waals surface area contributed by atoms with Gasteiger partial charge in [0.1, 0.15) is 5.75 Å². The van der Waals surface area contributed by atoms with Gasteiger partial charge in [-0.15, -0.1) is 0 Å². The summed E-state index contributed by atoms with van der Waals surface area (Å²) in [5.74, 6) is 0.167. The largest absolute Gasteiger partial charge is 0.508 e. The number of carbonyl (C=O) groups excluding carboxylic acids is 1. The molecule has 1 aromatic carbocycles.